The van der Waals surface area contributed by atoms with Crippen molar-refractivity contribution in [1.29, 1.82) is 0 Å². The summed E-state index contributed by atoms with van der Waals surface area (Å²) in [7, 11) is -3.44. The van der Waals surface area contributed by atoms with E-state index in [-0.39, 0.29) is 12.2 Å². The second-order valence-electron chi connectivity index (χ2n) is 5.87. The highest BCUT2D eigenvalue weighted by atomic mass is 32.2. The Labute approximate surface area is 139 Å². The maximum Gasteiger partial charge on any atom is 0.279 e. The summed E-state index contributed by atoms with van der Waals surface area (Å²) in [5.74, 6) is 0. The van der Waals surface area contributed by atoms with Gasteiger partial charge >= 0.3 is 0 Å². The highest BCUT2D eigenvalue weighted by Gasteiger charge is 2.30. The first-order valence-corrected chi connectivity index (χ1v) is 9.43. The lowest BCUT2D eigenvalue weighted by molar-refractivity contribution is -0.0444. The molecule has 1 aromatic carbocycles. The van der Waals surface area contributed by atoms with Crippen molar-refractivity contribution in [2.24, 2.45) is 0 Å². The summed E-state index contributed by atoms with van der Waals surface area (Å²) in [6.45, 7) is 6.00. The average Bonchev–Trinajstić information content (AvgIpc) is 2.51. The smallest absolute Gasteiger partial charge is 0.279 e. The summed E-state index contributed by atoms with van der Waals surface area (Å²) >= 11 is 0. The van der Waals surface area contributed by atoms with Gasteiger partial charge in [0.25, 0.3) is 10.2 Å². The van der Waals surface area contributed by atoms with Gasteiger partial charge in [0, 0.05) is 26.2 Å². The van der Waals surface area contributed by atoms with Crippen LogP contribution in [0, 0.1) is 0 Å². The molecule has 1 saturated heterocycles. The van der Waals surface area contributed by atoms with Gasteiger partial charge in [-0.2, -0.15) is 12.7 Å². The minimum absolute atomic E-state index is 0.0791. The number of morpholine rings is 1. The molecule has 6 nitrogen and oxygen atoms in total. The number of rotatable bonds is 8. The molecule has 23 heavy (non-hydrogen) atoms. The molecule has 1 heterocycles. The second-order valence-corrected chi connectivity index (χ2v) is 7.62. The number of nitrogens with zero attached hydrogens (tertiary/aromatic N) is 1. The maximum absolute atomic E-state index is 12.2. The van der Waals surface area contributed by atoms with Gasteiger partial charge in [0.05, 0.1) is 18.8 Å². The summed E-state index contributed by atoms with van der Waals surface area (Å²) in [5.41, 5.74) is 1.12. The first kappa shape index (κ1) is 18.4. The number of hydrogen-bond acceptors (Lipinski definition) is 4. The van der Waals surface area contributed by atoms with E-state index in [4.69, 9.17) is 9.47 Å². The van der Waals surface area contributed by atoms with E-state index in [1.165, 1.54) is 4.31 Å². The van der Waals surface area contributed by atoms with Crippen molar-refractivity contribution in [2.75, 3.05) is 26.2 Å². The number of ether oxygens (including phenoxy) is 2. The first-order valence-electron chi connectivity index (χ1n) is 7.99. The molecule has 2 atom stereocenters. The number of hydrogen-bond donors (Lipinski definition) is 1. The van der Waals surface area contributed by atoms with Gasteiger partial charge in [0.1, 0.15) is 0 Å². The molecule has 130 valence electrons. The Balaban J connectivity index is 1.65. The van der Waals surface area contributed by atoms with Crippen molar-refractivity contribution in [3.8, 4) is 0 Å². The van der Waals surface area contributed by atoms with Gasteiger partial charge in [-0.05, 0) is 25.8 Å². The quantitative estimate of drug-likeness (QED) is 0.728. The van der Waals surface area contributed by atoms with Crippen LogP contribution in [0.2, 0.25) is 0 Å². The van der Waals surface area contributed by atoms with Crippen LogP contribution in [0.4, 0.5) is 0 Å². The summed E-state index contributed by atoms with van der Waals surface area (Å²) < 4.78 is 39.7. The van der Waals surface area contributed by atoms with Crippen molar-refractivity contribution in [1.82, 2.24) is 9.03 Å². The minimum Gasteiger partial charge on any atom is -0.377 e. The third-order valence-electron chi connectivity index (χ3n) is 3.59. The van der Waals surface area contributed by atoms with Crippen LogP contribution in [0.3, 0.4) is 0 Å². The standard InChI is InChI=1S/C16H26N2O4S/c1-14-11-18(12-15(2)22-14)23(19,20)17-9-6-10-21-13-16-7-4-3-5-8-16/h3-5,7-8,14-15,17H,6,9-13H2,1-2H3. The van der Waals surface area contributed by atoms with Gasteiger partial charge in [-0.1, -0.05) is 30.3 Å². The van der Waals surface area contributed by atoms with E-state index in [0.29, 0.717) is 39.3 Å². The summed E-state index contributed by atoms with van der Waals surface area (Å²) in [5, 5.41) is 0. The average molecular weight is 342 g/mol. The third kappa shape index (κ3) is 6.19. The lowest BCUT2D eigenvalue weighted by atomic mass is 10.2. The summed E-state index contributed by atoms with van der Waals surface area (Å²) in [4.78, 5) is 0. The molecule has 0 aromatic heterocycles. The van der Waals surface area contributed by atoms with Crippen molar-refractivity contribution >= 4 is 10.2 Å². The van der Waals surface area contributed by atoms with E-state index in [1.807, 2.05) is 44.2 Å². The molecule has 7 heteroatoms. The van der Waals surface area contributed by atoms with Crippen LogP contribution in [0.15, 0.2) is 30.3 Å². The van der Waals surface area contributed by atoms with Crippen molar-refractivity contribution in [3.63, 3.8) is 0 Å². The van der Waals surface area contributed by atoms with Crippen molar-refractivity contribution in [3.05, 3.63) is 35.9 Å². The topological polar surface area (TPSA) is 67.9 Å². The molecular formula is C16H26N2O4S. The van der Waals surface area contributed by atoms with Crippen molar-refractivity contribution in [2.45, 2.75) is 39.1 Å². The molecule has 1 aliphatic heterocycles. The van der Waals surface area contributed by atoms with Crippen LogP contribution < -0.4 is 4.72 Å². The monoisotopic (exact) mass is 342 g/mol. The fourth-order valence-corrected chi connectivity index (χ4v) is 3.96. The normalized spacial score (nSPS) is 23.0. The SMILES string of the molecule is CC1CN(S(=O)(=O)NCCCOCc2ccccc2)CC(C)O1. The van der Waals surface area contributed by atoms with Gasteiger partial charge in [-0.25, -0.2) is 4.72 Å². The number of benzene rings is 1. The third-order valence-corrected chi connectivity index (χ3v) is 5.13. The van der Waals surface area contributed by atoms with Gasteiger partial charge < -0.3 is 9.47 Å². The van der Waals surface area contributed by atoms with Gasteiger partial charge in [0.15, 0.2) is 0 Å². The largest absolute Gasteiger partial charge is 0.377 e. The Hall–Kier alpha value is -0.990. The number of nitrogens with one attached hydrogen (secondary N) is 1. The zero-order valence-corrected chi connectivity index (χ0v) is 14.6. The summed E-state index contributed by atoms with van der Waals surface area (Å²) in [6, 6.07) is 9.91. The maximum atomic E-state index is 12.2. The van der Waals surface area contributed by atoms with Crippen LogP contribution >= 0.6 is 0 Å². The lowest BCUT2D eigenvalue weighted by Crippen LogP contribution is -2.52. The predicted octanol–water partition coefficient (Wildman–Crippen LogP) is 1.54. The van der Waals surface area contributed by atoms with E-state index >= 15 is 0 Å². The van der Waals surface area contributed by atoms with E-state index in [1.54, 1.807) is 0 Å². The van der Waals surface area contributed by atoms with E-state index in [2.05, 4.69) is 4.72 Å². The minimum atomic E-state index is -3.44. The molecule has 1 fully saturated rings. The molecule has 2 unspecified atom stereocenters. The fourth-order valence-electron chi connectivity index (χ4n) is 2.56. The van der Waals surface area contributed by atoms with Crippen LogP contribution in [0.25, 0.3) is 0 Å². The van der Waals surface area contributed by atoms with Gasteiger partial charge in [-0.3, -0.25) is 0 Å². The van der Waals surface area contributed by atoms with Crippen LogP contribution in [-0.2, 0) is 26.3 Å². The van der Waals surface area contributed by atoms with E-state index < -0.39 is 10.2 Å². The van der Waals surface area contributed by atoms with Crippen LogP contribution in [0.5, 0.6) is 0 Å². The Kier molecular flexibility index (Phi) is 6.98. The molecule has 0 aliphatic carbocycles. The van der Waals surface area contributed by atoms with E-state index in [9.17, 15) is 8.42 Å². The predicted molar refractivity (Wildman–Crippen MR) is 89.2 cm³/mol. The molecule has 0 radical (unpaired) electrons. The van der Waals surface area contributed by atoms with Crippen LogP contribution in [-0.4, -0.2) is 51.2 Å². The molecule has 1 aliphatic rings. The van der Waals surface area contributed by atoms with Gasteiger partial charge in [0.2, 0.25) is 0 Å². The first-order chi connectivity index (χ1) is 11.0. The Morgan fingerprint density at radius 1 is 1.22 bits per heavy atom. The van der Waals surface area contributed by atoms with Crippen LogP contribution in [0.1, 0.15) is 25.8 Å². The summed E-state index contributed by atoms with van der Waals surface area (Å²) in [6.07, 6.45) is 0.482. The van der Waals surface area contributed by atoms with E-state index in [0.717, 1.165) is 5.56 Å². The molecule has 1 aromatic rings. The highest BCUT2D eigenvalue weighted by Crippen LogP contribution is 2.13. The van der Waals surface area contributed by atoms with Crippen molar-refractivity contribution < 1.29 is 17.9 Å². The van der Waals surface area contributed by atoms with Gasteiger partial charge in [-0.15, -0.1) is 0 Å². The molecular weight excluding hydrogens is 316 g/mol. The molecule has 2 rings (SSSR count). The molecule has 0 amide bonds. The lowest BCUT2D eigenvalue weighted by Gasteiger charge is -2.34. The molecule has 1 N–H and O–H groups in total. The Morgan fingerprint density at radius 2 is 1.87 bits per heavy atom. The zero-order chi connectivity index (χ0) is 16.7. The Morgan fingerprint density at radius 3 is 2.52 bits per heavy atom. The zero-order valence-electron chi connectivity index (χ0n) is 13.8. The Bertz CT molecular complexity index is 555. The molecule has 0 spiro atoms. The second kappa shape index (κ2) is 8.75. The highest BCUT2D eigenvalue weighted by molar-refractivity contribution is 7.87. The molecule has 0 bridgehead atoms. The molecule has 0 saturated carbocycles. The fraction of sp³-hybridized carbons (Fsp3) is 0.625.